The van der Waals surface area contributed by atoms with Crippen LogP contribution in [0.15, 0.2) is 42.6 Å². The van der Waals surface area contributed by atoms with Gasteiger partial charge in [0.15, 0.2) is 11.6 Å². The highest BCUT2D eigenvalue weighted by molar-refractivity contribution is 5.81. The van der Waals surface area contributed by atoms with E-state index in [1.54, 1.807) is 6.20 Å². The molecule has 0 amide bonds. The minimum Gasteiger partial charge on any atom is -0.381 e. The first-order valence-electron chi connectivity index (χ1n) is 5.95. The standard InChI is InChI=1S/C14H13N5/c1-9-10(7-4-8-16-9)18-14-13(15)17-11-5-2-3-6-12(11)19-14/h2-8H,1H3,(H2,15,17)(H,18,19). The van der Waals surface area contributed by atoms with Crippen molar-refractivity contribution in [3.05, 3.63) is 48.3 Å². The summed E-state index contributed by atoms with van der Waals surface area (Å²) in [5.41, 5.74) is 9.28. The highest BCUT2D eigenvalue weighted by atomic mass is 15.1. The summed E-state index contributed by atoms with van der Waals surface area (Å²) in [5.74, 6) is 0.928. The molecule has 0 unspecified atom stereocenters. The fourth-order valence-electron chi connectivity index (χ4n) is 1.85. The van der Waals surface area contributed by atoms with Gasteiger partial charge < -0.3 is 11.1 Å². The number of pyridine rings is 1. The molecule has 5 heteroatoms. The number of fused-ring (bicyclic) bond motifs is 1. The maximum atomic E-state index is 5.93. The van der Waals surface area contributed by atoms with E-state index < -0.39 is 0 Å². The summed E-state index contributed by atoms with van der Waals surface area (Å²) in [4.78, 5) is 13.0. The zero-order valence-corrected chi connectivity index (χ0v) is 10.5. The molecule has 5 nitrogen and oxygen atoms in total. The first kappa shape index (κ1) is 11.4. The van der Waals surface area contributed by atoms with Crippen molar-refractivity contribution in [3.63, 3.8) is 0 Å². The van der Waals surface area contributed by atoms with Gasteiger partial charge in [0.1, 0.15) is 0 Å². The van der Waals surface area contributed by atoms with E-state index >= 15 is 0 Å². The number of nitrogens with zero attached hydrogens (tertiary/aromatic N) is 3. The van der Waals surface area contributed by atoms with Crippen LogP contribution >= 0.6 is 0 Å². The molecule has 2 aromatic heterocycles. The number of aryl methyl sites for hydroxylation is 1. The molecule has 0 bridgehead atoms. The maximum absolute atomic E-state index is 5.93. The van der Waals surface area contributed by atoms with Crippen LogP contribution < -0.4 is 11.1 Å². The van der Waals surface area contributed by atoms with E-state index in [0.29, 0.717) is 11.6 Å². The number of nitrogens with two attached hydrogens (primary N) is 1. The van der Waals surface area contributed by atoms with E-state index in [2.05, 4.69) is 20.3 Å². The van der Waals surface area contributed by atoms with E-state index in [0.717, 1.165) is 22.4 Å². The third-order valence-electron chi connectivity index (χ3n) is 2.86. The molecule has 0 aliphatic carbocycles. The number of nitrogens with one attached hydrogen (secondary N) is 1. The molecule has 1 aromatic carbocycles. The van der Waals surface area contributed by atoms with Gasteiger partial charge in [0, 0.05) is 6.20 Å². The topological polar surface area (TPSA) is 76.7 Å². The van der Waals surface area contributed by atoms with Crippen LogP contribution in [0.4, 0.5) is 17.3 Å². The molecular weight excluding hydrogens is 238 g/mol. The second-order valence-electron chi connectivity index (χ2n) is 4.21. The van der Waals surface area contributed by atoms with Crippen molar-refractivity contribution >= 4 is 28.4 Å². The number of para-hydroxylation sites is 2. The van der Waals surface area contributed by atoms with E-state index in [-0.39, 0.29) is 0 Å². The fraction of sp³-hybridized carbons (Fsp3) is 0.0714. The van der Waals surface area contributed by atoms with Crippen molar-refractivity contribution in [2.45, 2.75) is 6.92 Å². The van der Waals surface area contributed by atoms with Crippen LogP contribution in [0.25, 0.3) is 11.0 Å². The molecule has 19 heavy (non-hydrogen) atoms. The summed E-state index contributed by atoms with van der Waals surface area (Å²) in [6.45, 7) is 1.92. The minimum atomic E-state index is 0.377. The number of nitrogen functional groups attached to an aromatic ring is 1. The maximum Gasteiger partial charge on any atom is 0.174 e. The Morgan fingerprint density at radius 2 is 1.74 bits per heavy atom. The Bertz CT molecular complexity index is 739. The second kappa shape index (κ2) is 4.53. The van der Waals surface area contributed by atoms with E-state index in [1.165, 1.54) is 0 Å². The molecule has 0 saturated heterocycles. The van der Waals surface area contributed by atoms with Crippen molar-refractivity contribution < 1.29 is 0 Å². The molecule has 0 atom stereocenters. The third-order valence-corrected chi connectivity index (χ3v) is 2.86. The van der Waals surface area contributed by atoms with Gasteiger partial charge in [-0.15, -0.1) is 0 Å². The predicted octanol–water partition coefficient (Wildman–Crippen LogP) is 2.66. The zero-order valence-electron chi connectivity index (χ0n) is 10.5. The van der Waals surface area contributed by atoms with Crippen molar-refractivity contribution in [2.75, 3.05) is 11.1 Å². The lowest BCUT2D eigenvalue weighted by Crippen LogP contribution is -2.03. The van der Waals surface area contributed by atoms with Gasteiger partial charge in [-0.2, -0.15) is 0 Å². The summed E-state index contributed by atoms with van der Waals surface area (Å²) < 4.78 is 0. The van der Waals surface area contributed by atoms with Gasteiger partial charge in [0.25, 0.3) is 0 Å². The number of anilines is 3. The monoisotopic (exact) mass is 251 g/mol. The van der Waals surface area contributed by atoms with Crippen LogP contribution in [-0.2, 0) is 0 Å². The molecule has 3 N–H and O–H groups in total. The van der Waals surface area contributed by atoms with Gasteiger partial charge in [-0.1, -0.05) is 12.1 Å². The van der Waals surface area contributed by atoms with Crippen LogP contribution in [0.1, 0.15) is 5.69 Å². The van der Waals surface area contributed by atoms with Crippen molar-refractivity contribution in [2.24, 2.45) is 0 Å². The molecule has 2 heterocycles. The van der Waals surface area contributed by atoms with Gasteiger partial charge in [-0.25, -0.2) is 9.97 Å². The Morgan fingerprint density at radius 1 is 1.00 bits per heavy atom. The summed E-state index contributed by atoms with van der Waals surface area (Å²) >= 11 is 0. The summed E-state index contributed by atoms with van der Waals surface area (Å²) in [5, 5.41) is 3.17. The van der Waals surface area contributed by atoms with Gasteiger partial charge >= 0.3 is 0 Å². The van der Waals surface area contributed by atoms with E-state index in [1.807, 2.05) is 43.3 Å². The Kier molecular flexibility index (Phi) is 2.72. The summed E-state index contributed by atoms with van der Waals surface area (Å²) in [6.07, 6.45) is 1.75. The summed E-state index contributed by atoms with van der Waals surface area (Å²) in [7, 11) is 0. The van der Waals surface area contributed by atoms with Crippen molar-refractivity contribution in [1.29, 1.82) is 0 Å². The number of hydrogen-bond donors (Lipinski definition) is 2. The van der Waals surface area contributed by atoms with Gasteiger partial charge in [0.2, 0.25) is 0 Å². The SMILES string of the molecule is Cc1ncccc1Nc1nc2ccccc2nc1N. The Balaban J connectivity index is 2.06. The molecule has 94 valence electrons. The number of rotatable bonds is 2. The highest BCUT2D eigenvalue weighted by Gasteiger charge is 2.07. The number of hydrogen-bond acceptors (Lipinski definition) is 5. The molecule has 0 aliphatic rings. The molecule has 0 radical (unpaired) electrons. The average molecular weight is 251 g/mol. The fourth-order valence-corrected chi connectivity index (χ4v) is 1.85. The molecule has 0 saturated carbocycles. The first-order valence-corrected chi connectivity index (χ1v) is 5.95. The molecule has 3 aromatic rings. The Morgan fingerprint density at radius 3 is 2.47 bits per heavy atom. The van der Waals surface area contributed by atoms with Crippen molar-refractivity contribution in [3.8, 4) is 0 Å². The van der Waals surface area contributed by atoms with Crippen LogP contribution in [0.2, 0.25) is 0 Å². The molecule has 0 fully saturated rings. The lowest BCUT2D eigenvalue weighted by molar-refractivity contribution is 1.19. The average Bonchev–Trinajstić information content (AvgIpc) is 2.42. The van der Waals surface area contributed by atoms with E-state index in [9.17, 15) is 0 Å². The molecular formula is C14H13N5. The lowest BCUT2D eigenvalue weighted by atomic mass is 10.3. The smallest absolute Gasteiger partial charge is 0.174 e. The molecule has 0 spiro atoms. The van der Waals surface area contributed by atoms with E-state index in [4.69, 9.17) is 5.73 Å². The lowest BCUT2D eigenvalue weighted by Gasteiger charge is -2.10. The molecule has 3 rings (SSSR count). The highest BCUT2D eigenvalue weighted by Crippen LogP contribution is 2.23. The van der Waals surface area contributed by atoms with Crippen LogP contribution in [0.3, 0.4) is 0 Å². The Labute approximate surface area is 110 Å². The second-order valence-corrected chi connectivity index (χ2v) is 4.21. The molecule has 0 aliphatic heterocycles. The van der Waals surface area contributed by atoms with Crippen LogP contribution in [0.5, 0.6) is 0 Å². The van der Waals surface area contributed by atoms with Crippen molar-refractivity contribution in [1.82, 2.24) is 15.0 Å². The van der Waals surface area contributed by atoms with Crippen LogP contribution in [-0.4, -0.2) is 15.0 Å². The predicted molar refractivity (Wildman–Crippen MR) is 76.2 cm³/mol. The zero-order chi connectivity index (χ0) is 13.2. The number of aromatic nitrogens is 3. The summed E-state index contributed by atoms with van der Waals surface area (Å²) in [6, 6.07) is 11.4. The number of benzene rings is 1. The Hall–Kier alpha value is -2.69. The quantitative estimate of drug-likeness (QED) is 0.732. The van der Waals surface area contributed by atoms with Gasteiger partial charge in [-0.3, -0.25) is 4.98 Å². The normalized spacial score (nSPS) is 10.6. The first-order chi connectivity index (χ1) is 9.24. The van der Waals surface area contributed by atoms with Gasteiger partial charge in [0.05, 0.1) is 22.4 Å². The van der Waals surface area contributed by atoms with Crippen LogP contribution in [0, 0.1) is 6.92 Å². The third kappa shape index (κ3) is 2.18. The van der Waals surface area contributed by atoms with Gasteiger partial charge in [-0.05, 0) is 31.2 Å². The minimum absolute atomic E-state index is 0.377. The largest absolute Gasteiger partial charge is 0.381 e.